The lowest BCUT2D eigenvalue weighted by molar-refractivity contribution is 0.0546. The SMILES string of the molecule is Cc1cc(C(=O)N2CCC(O)CC2)c(C)n1-c1ccccc1F. The summed E-state index contributed by atoms with van der Waals surface area (Å²) >= 11 is 0. The Kier molecular flexibility index (Phi) is 4.22. The maximum absolute atomic E-state index is 14.1. The van der Waals surface area contributed by atoms with Crippen LogP contribution in [0, 0.1) is 19.7 Å². The first-order valence-electron chi connectivity index (χ1n) is 7.90. The minimum atomic E-state index is -0.315. The van der Waals surface area contributed by atoms with Crippen LogP contribution in [0.5, 0.6) is 0 Å². The number of amides is 1. The van der Waals surface area contributed by atoms with Crippen molar-refractivity contribution in [3.63, 3.8) is 0 Å². The lowest BCUT2D eigenvalue weighted by Gasteiger charge is -2.29. The fourth-order valence-electron chi connectivity index (χ4n) is 3.22. The summed E-state index contributed by atoms with van der Waals surface area (Å²) in [6.07, 6.45) is 0.903. The minimum absolute atomic E-state index is 0.0485. The zero-order chi connectivity index (χ0) is 16.6. The molecule has 1 N–H and O–H groups in total. The second kappa shape index (κ2) is 6.16. The van der Waals surface area contributed by atoms with Crippen LogP contribution >= 0.6 is 0 Å². The number of para-hydroxylation sites is 1. The lowest BCUT2D eigenvalue weighted by Crippen LogP contribution is -2.40. The minimum Gasteiger partial charge on any atom is -0.393 e. The van der Waals surface area contributed by atoms with Crippen LogP contribution in [0.1, 0.15) is 34.6 Å². The number of hydrogen-bond acceptors (Lipinski definition) is 2. The summed E-state index contributed by atoms with van der Waals surface area (Å²) < 4.78 is 15.9. The number of hydrogen-bond donors (Lipinski definition) is 1. The number of benzene rings is 1. The summed E-state index contributed by atoms with van der Waals surface area (Å²) in [7, 11) is 0. The van der Waals surface area contributed by atoms with Gasteiger partial charge in [-0.05, 0) is 44.9 Å². The molecule has 2 aromatic rings. The maximum Gasteiger partial charge on any atom is 0.255 e. The van der Waals surface area contributed by atoms with Gasteiger partial charge in [0.25, 0.3) is 5.91 Å². The number of aromatic nitrogens is 1. The van der Waals surface area contributed by atoms with E-state index in [0.29, 0.717) is 37.2 Å². The molecule has 0 bridgehead atoms. The van der Waals surface area contributed by atoms with Gasteiger partial charge in [0, 0.05) is 24.5 Å². The average Bonchev–Trinajstić information content (AvgIpc) is 2.83. The predicted octanol–water partition coefficient (Wildman–Crippen LogP) is 2.83. The molecule has 0 aliphatic carbocycles. The number of rotatable bonds is 2. The second-order valence-electron chi connectivity index (χ2n) is 6.10. The van der Waals surface area contributed by atoms with Crippen LogP contribution in [0.25, 0.3) is 5.69 Å². The number of aryl methyl sites for hydroxylation is 1. The Morgan fingerprint density at radius 2 is 1.87 bits per heavy atom. The third-order valence-corrected chi connectivity index (χ3v) is 4.51. The van der Waals surface area contributed by atoms with Gasteiger partial charge in [-0.3, -0.25) is 4.79 Å². The van der Waals surface area contributed by atoms with Gasteiger partial charge in [-0.25, -0.2) is 4.39 Å². The van der Waals surface area contributed by atoms with Crippen LogP contribution in [0.15, 0.2) is 30.3 Å². The van der Waals surface area contributed by atoms with Gasteiger partial charge in [-0.2, -0.15) is 0 Å². The number of piperidine rings is 1. The van der Waals surface area contributed by atoms with Gasteiger partial charge in [-0.15, -0.1) is 0 Å². The summed E-state index contributed by atoms with van der Waals surface area (Å²) in [6.45, 7) is 4.83. The van der Waals surface area contributed by atoms with E-state index in [9.17, 15) is 14.3 Å². The van der Waals surface area contributed by atoms with Crippen molar-refractivity contribution in [3.05, 3.63) is 53.1 Å². The molecule has 3 rings (SSSR count). The quantitative estimate of drug-likeness (QED) is 0.926. The van der Waals surface area contributed by atoms with Crippen molar-refractivity contribution in [2.45, 2.75) is 32.8 Å². The van der Waals surface area contributed by atoms with E-state index in [0.717, 1.165) is 11.4 Å². The molecule has 1 amide bonds. The molecule has 1 aliphatic rings. The molecule has 0 saturated carbocycles. The second-order valence-corrected chi connectivity index (χ2v) is 6.10. The number of nitrogens with zero attached hydrogens (tertiary/aromatic N) is 2. The van der Waals surface area contributed by atoms with Gasteiger partial charge in [0.05, 0.1) is 17.4 Å². The van der Waals surface area contributed by atoms with Crippen LogP contribution in [-0.2, 0) is 0 Å². The largest absolute Gasteiger partial charge is 0.393 e. The van der Waals surface area contributed by atoms with Crippen molar-refractivity contribution in [1.82, 2.24) is 9.47 Å². The Morgan fingerprint density at radius 3 is 2.52 bits per heavy atom. The van der Waals surface area contributed by atoms with Crippen molar-refractivity contribution in [1.29, 1.82) is 0 Å². The molecule has 1 aliphatic heterocycles. The topological polar surface area (TPSA) is 45.5 Å². The molecule has 1 aromatic carbocycles. The molecule has 0 unspecified atom stereocenters. The molecule has 1 saturated heterocycles. The van der Waals surface area contributed by atoms with Crippen LogP contribution < -0.4 is 0 Å². The summed E-state index contributed by atoms with van der Waals surface area (Å²) in [5.41, 5.74) is 2.62. The normalized spacial score (nSPS) is 15.9. The molecule has 122 valence electrons. The number of halogens is 1. The van der Waals surface area contributed by atoms with Gasteiger partial charge in [0.2, 0.25) is 0 Å². The Bertz CT molecular complexity index is 731. The highest BCUT2D eigenvalue weighted by molar-refractivity contribution is 5.96. The first kappa shape index (κ1) is 15.7. The number of carbonyl (C=O) groups excluding carboxylic acids is 1. The number of likely N-dealkylation sites (tertiary alicyclic amines) is 1. The van der Waals surface area contributed by atoms with Crippen molar-refractivity contribution >= 4 is 5.91 Å². The van der Waals surface area contributed by atoms with E-state index in [4.69, 9.17) is 0 Å². The zero-order valence-electron chi connectivity index (χ0n) is 13.4. The highest BCUT2D eigenvalue weighted by Gasteiger charge is 2.26. The molecule has 23 heavy (non-hydrogen) atoms. The van der Waals surface area contributed by atoms with E-state index in [1.165, 1.54) is 6.07 Å². The van der Waals surface area contributed by atoms with E-state index < -0.39 is 0 Å². The number of carbonyl (C=O) groups is 1. The fourth-order valence-corrected chi connectivity index (χ4v) is 3.22. The van der Waals surface area contributed by atoms with Gasteiger partial charge in [0.1, 0.15) is 5.82 Å². The van der Waals surface area contributed by atoms with E-state index >= 15 is 0 Å². The van der Waals surface area contributed by atoms with Crippen LogP contribution in [0.4, 0.5) is 4.39 Å². The third kappa shape index (κ3) is 2.88. The Morgan fingerprint density at radius 1 is 1.22 bits per heavy atom. The molecule has 1 aromatic heterocycles. The standard InChI is InChI=1S/C18H21FN2O2/c1-12-11-15(18(23)20-9-7-14(22)8-10-20)13(2)21(12)17-6-4-3-5-16(17)19/h3-6,11,14,22H,7-10H2,1-2H3. The summed E-state index contributed by atoms with van der Waals surface area (Å²) in [6, 6.07) is 8.38. The first-order valence-corrected chi connectivity index (χ1v) is 7.90. The maximum atomic E-state index is 14.1. The third-order valence-electron chi connectivity index (χ3n) is 4.51. The van der Waals surface area contributed by atoms with Gasteiger partial charge >= 0.3 is 0 Å². The van der Waals surface area contributed by atoms with E-state index in [1.807, 2.05) is 19.9 Å². The molecule has 4 nitrogen and oxygen atoms in total. The van der Waals surface area contributed by atoms with E-state index in [2.05, 4.69) is 0 Å². The van der Waals surface area contributed by atoms with Gasteiger partial charge < -0.3 is 14.6 Å². The van der Waals surface area contributed by atoms with Crippen molar-refractivity contribution in [2.24, 2.45) is 0 Å². The summed E-state index contributed by atoms with van der Waals surface area (Å²) in [5.74, 6) is -0.359. The van der Waals surface area contributed by atoms with Crippen molar-refractivity contribution in [3.8, 4) is 5.69 Å². The van der Waals surface area contributed by atoms with Crippen molar-refractivity contribution < 1.29 is 14.3 Å². The molecule has 5 heteroatoms. The average molecular weight is 316 g/mol. The van der Waals surface area contributed by atoms with Crippen LogP contribution in [-0.4, -0.2) is 39.7 Å². The van der Waals surface area contributed by atoms with Crippen LogP contribution in [0.3, 0.4) is 0 Å². The summed E-state index contributed by atoms with van der Waals surface area (Å²) in [4.78, 5) is 14.5. The van der Waals surface area contributed by atoms with Gasteiger partial charge in [0.15, 0.2) is 0 Å². The van der Waals surface area contributed by atoms with Crippen molar-refractivity contribution in [2.75, 3.05) is 13.1 Å². The lowest BCUT2D eigenvalue weighted by atomic mass is 10.1. The first-order chi connectivity index (χ1) is 11.0. The molecule has 0 atom stereocenters. The zero-order valence-corrected chi connectivity index (χ0v) is 13.4. The summed E-state index contributed by atoms with van der Waals surface area (Å²) in [5, 5.41) is 9.58. The highest BCUT2D eigenvalue weighted by atomic mass is 19.1. The molecule has 1 fully saturated rings. The van der Waals surface area contributed by atoms with E-state index in [-0.39, 0.29) is 17.8 Å². The fraction of sp³-hybridized carbons (Fsp3) is 0.389. The van der Waals surface area contributed by atoms with Gasteiger partial charge in [-0.1, -0.05) is 12.1 Å². The monoisotopic (exact) mass is 316 g/mol. The molecule has 0 spiro atoms. The Balaban J connectivity index is 1.95. The molecule has 2 heterocycles. The molecular formula is C18H21FN2O2. The highest BCUT2D eigenvalue weighted by Crippen LogP contribution is 2.24. The predicted molar refractivity (Wildman–Crippen MR) is 86.3 cm³/mol. The van der Waals surface area contributed by atoms with Crippen LogP contribution in [0.2, 0.25) is 0 Å². The molecular weight excluding hydrogens is 295 g/mol. The Hall–Kier alpha value is -2.14. The molecule has 0 radical (unpaired) electrons. The smallest absolute Gasteiger partial charge is 0.255 e. The van der Waals surface area contributed by atoms with E-state index in [1.54, 1.807) is 27.7 Å². The Labute approximate surface area is 135 Å². The number of aliphatic hydroxyl groups is 1. The number of aliphatic hydroxyl groups excluding tert-OH is 1.